The Morgan fingerprint density at radius 3 is 2.74 bits per heavy atom. The van der Waals surface area contributed by atoms with E-state index in [9.17, 15) is 14.0 Å². The zero-order valence-corrected chi connectivity index (χ0v) is 13.7. The lowest BCUT2D eigenvalue weighted by Crippen LogP contribution is -2.28. The highest BCUT2D eigenvalue weighted by Crippen LogP contribution is 2.28. The van der Waals surface area contributed by atoms with Crippen molar-refractivity contribution in [3.8, 4) is 0 Å². The third-order valence-electron chi connectivity index (χ3n) is 3.73. The van der Waals surface area contributed by atoms with Crippen LogP contribution in [0.15, 0.2) is 53.0 Å². The maximum atomic E-state index is 13.8. The van der Waals surface area contributed by atoms with Crippen molar-refractivity contribution in [1.82, 2.24) is 0 Å². The average Bonchev–Trinajstić information content (AvgIpc) is 2.90. The van der Waals surface area contributed by atoms with Gasteiger partial charge in [-0.05, 0) is 30.3 Å². The second-order valence-corrected chi connectivity index (χ2v) is 6.27. The molecule has 3 rings (SSSR count). The first-order valence-electron chi connectivity index (χ1n) is 7.16. The van der Waals surface area contributed by atoms with Crippen LogP contribution < -0.4 is 10.2 Å². The highest BCUT2D eigenvalue weighted by Gasteiger charge is 2.36. The van der Waals surface area contributed by atoms with Crippen LogP contribution in [0.5, 0.6) is 0 Å². The molecule has 1 saturated heterocycles. The van der Waals surface area contributed by atoms with Gasteiger partial charge in [-0.15, -0.1) is 0 Å². The van der Waals surface area contributed by atoms with Crippen LogP contribution in [0, 0.1) is 11.7 Å². The second kappa shape index (κ2) is 6.50. The molecule has 6 heteroatoms. The molecule has 4 nitrogen and oxygen atoms in total. The molecule has 2 amide bonds. The number of amides is 2. The minimum absolute atomic E-state index is 0.0776. The Balaban J connectivity index is 1.72. The van der Waals surface area contributed by atoms with Crippen molar-refractivity contribution in [1.29, 1.82) is 0 Å². The molecular weight excluding hydrogens is 363 g/mol. The number of carbonyl (C=O) groups is 2. The first kappa shape index (κ1) is 15.7. The van der Waals surface area contributed by atoms with E-state index in [0.717, 1.165) is 4.47 Å². The number of nitrogens with zero attached hydrogens (tertiary/aromatic N) is 1. The van der Waals surface area contributed by atoms with E-state index in [4.69, 9.17) is 0 Å². The summed E-state index contributed by atoms with van der Waals surface area (Å²) >= 11 is 3.34. The summed E-state index contributed by atoms with van der Waals surface area (Å²) in [5.74, 6) is -1.45. The Labute approximate surface area is 141 Å². The summed E-state index contributed by atoms with van der Waals surface area (Å²) < 4.78 is 14.7. The van der Waals surface area contributed by atoms with E-state index >= 15 is 0 Å². The van der Waals surface area contributed by atoms with Crippen LogP contribution in [0.3, 0.4) is 0 Å². The molecule has 0 spiro atoms. The van der Waals surface area contributed by atoms with Gasteiger partial charge in [-0.2, -0.15) is 0 Å². The summed E-state index contributed by atoms with van der Waals surface area (Å²) in [7, 11) is 0. The monoisotopic (exact) mass is 376 g/mol. The third-order valence-corrected chi connectivity index (χ3v) is 4.22. The number of carbonyl (C=O) groups excluding carboxylic acids is 2. The Morgan fingerprint density at radius 1 is 1.22 bits per heavy atom. The quantitative estimate of drug-likeness (QED) is 0.889. The van der Waals surface area contributed by atoms with Crippen LogP contribution in [0.4, 0.5) is 15.8 Å². The number of anilines is 2. The number of nitrogens with one attached hydrogen (secondary N) is 1. The molecule has 0 aliphatic carbocycles. The van der Waals surface area contributed by atoms with Crippen LogP contribution in [0.25, 0.3) is 0 Å². The lowest BCUT2D eigenvalue weighted by Gasteiger charge is -2.17. The minimum atomic E-state index is -0.499. The van der Waals surface area contributed by atoms with Crippen LogP contribution in [0.1, 0.15) is 6.42 Å². The predicted molar refractivity (Wildman–Crippen MR) is 89.6 cm³/mol. The molecule has 2 aromatic rings. The lowest BCUT2D eigenvalue weighted by molar-refractivity contribution is -0.122. The Bertz CT molecular complexity index is 766. The number of rotatable bonds is 3. The van der Waals surface area contributed by atoms with Gasteiger partial charge in [0.25, 0.3) is 0 Å². The summed E-state index contributed by atoms with van der Waals surface area (Å²) in [5.41, 5.74) is 0.872. The van der Waals surface area contributed by atoms with E-state index in [2.05, 4.69) is 21.2 Å². The smallest absolute Gasteiger partial charge is 0.229 e. The van der Waals surface area contributed by atoms with Crippen molar-refractivity contribution in [3.05, 3.63) is 58.8 Å². The van der Waals surface area contributed by atoms with Gasteiger partial charge >= 0.3 is 0 Å². The van der Waals surface area contributed by atoms with E-state index in [-0.39, 0.29) is 30.5 Å². The fourth-order valence-corrected chi connectivity index (χ4v) is 3.00. The largest absolute Gasteiger partial charge is 0.326 e. The Morgan fingerprint density at radius 2 is 2.00 bits per heavy atom. The molecule has 1 heterocycles. The van der Waals surface area contributed by atoms with Gasteiger partial charge in [0.15, 0.2) is 0 Å². The molecule has 0 radical (unpaired) electrons. The number of hydrogen-bond donors (Lipinski definition) is 1. The average molecular weight is 377 g/mol. The molecule has 23 heavy (non-hydrogen) atoms. The van der Waals surface area contributed by atoms with Crippen LogP contribution in [0.2, 0.25) is 0 Å². The zero-order valence-electron chi connectivity index (χ0n) is 12.1. The Hall–Kier alpha value is -2.21. The van der Waals surface area contributed by atoms with Crippen molar-refractivity contribution in [2.45, 2.75) is 6.42 Å². The van der Waals surface area contributed by atoms with Crippen LogP contribution >= 0.6 is 15.9 Å². The van der Waals surface area contributed by atoms with Gasteiger partial charge in [0.2, 0.25) is 11.8 Å². The first-order valence-corrected chi connectivity index (χ1v) is 7.95. The van der Waals surface area contributed by atoms with E-state index in [1.54, 1.807) is 30.3 Å². The minimum Gasteiger partial charge on any atom is -0.326 e. The highest BCUT2D eigenvalue weighted by molar-refractivity contribution is 9.10. The first-order chi connectivity index (χ1) is 11.0. The second-order valence-electron chi connectivity index (χ2n) is 5.36. The molecule has 2 aromatic carbocycles. The van der Waals surface area contributed by atoms with Crippen molar-refractivity contribution in [2.24, 2.45) is 5.92 Å². The van der Waals surface area contributed by atoms with Gasteiger partial charge in [-0.3, -0.25) is 9.59 Å². The highest BCUT2D eigenvalue weighted by atomic mass is 79.9. The van der Waals surface area contributed by atoms with E-state index in [1.807, 2.05) is 12.1 Å². The van der Waals surface area contributed by atoms with Crippen LogP contribution in [-0.2, 0) is 9.59 Å². The summed E-state index contributed by atoms with van der Waals surface area (Å²) in [6.07, 6.45) is 0.0776. The predicted octanol–water partition coefficient (Wildman–Crippen LogP) is 3.58. The number of hydrogen-bond acceptors (Lipinski definition) is 2. The molecule has 1 aliphatic rings. The molecule has 1 aliphatic heterocycles. The van der Waals surface area contributed by atoms with Gasteiger partial charge in [0.05, 0.1) is 11.6 Å². The molecule has 1 atom stereocenters. The number of halogens is 2. The summed E-state index contributed by atoms with van der Waals surface area (Å²) in [5, 5.41) is 2.79. The molecule has 0 saturated carbocycles. The molecular formula is C17H14BrFN2O2. The van der Waals surface area contributed by atoms with Crippen molar-refractivity contribution < 1.29 is 14.0 Å². The van der Waals surface area contributed by atoms with Crippen molar-refractivity contribution in [3.63, 3.8) is 0 Å². The summed E-state index contributed by atoms with van der Waals surface area (Å²) in [6, 6.07) is 13.3. The standard InChI is InChI=1S/C17H14BrFN2O2/c18-12-4-3-5-13(9-12)20-17(23)11-8-16(22)21(10-11)15-7-2-1-6-14(15)19/h1-7,9,11H,8,10H2,(H,20,23). The molecule has 1 N–H and O–H groups in total. The fraction of sp³-hybridized carbons (Fsp3) is 0.176. The topological polar surface area (TPSA) is 49.4 Å². The third kappa shape index (κ3) is 3.42. The lowest BCUT2D eigenvalue weighted by atomic mass is 10.1. The molecule has 118 valence electrons. The van der Waals surface area contributed by atoms with E-state index < -0.39 is 11.7 Å². The Kier molecular flexibility index (Phi) is 4.43. The summed E-state index contributed by atoms with van der Waals surface area (Å²) in [6.45, 7) is 0.180. The van der Waals surface area contributed by atoms with Crippen molar-refractivity contribution >= 4 is 39.1 Å². The van der Waals surface area contributed by atoms with E-state index in [1.165, 1.54) is 11.0 Å². The van der Waals surface area contributed by atoms with Gasteiger partial charge in [0, 0.05) is 23.1 Å². The van der Waals surface area contributed by atoms with Gasteiger partial charge < -0.3 is 10.2 Å². The zero-order chi connectivity index (χ0) is 16.4. The normalized spacial score (nSPS) is 17.4. The number of benzene rings is 2. The molecule has 1 fully saturated rings. The van der Waals surface area contributed by atoms with Gasteiger partial charge in [0.1, 0.15) is 5.82 Å². The molecule has 0 bridgehead atoms. The maximum absolute atomic E-state index is 13.8. The van der Waals surface area contributed by atoms with Crippen LogP contribution in [-0.4, -0.2) is 18.4 Å². The maximum Gasteiger partial charge on any atom is 0.229 e. The molecule has 1 unspecified atom stereocenters. The van der Waals surface area contributed by atoms with Crippen molar-refractivity contribution in [2.75, 3.05) is 16.8 Å². The van der Waals surface area contributed by atoms with Gasteiger partial charge in [-0.25, -0.2) is 4.39 Å². The van der Waals surface area contributed by atoms with E-state index in [0.29, 0.717) is 5.69 Å². The SMILES string of the molecule is O=C(Nc1cccc(Br)c1)C1CC(=O)N(c2ccccc2F)C1. The number of para-hydroxylation sites is 1. The molecule has 0 aromatic heterocycles. The van der Waals surface area contributed by atoms with Gasteiger partial charge in [-0.1, -0.05) is 34.1 Å². The fourth-order valence-electron chi connectivity index (χ4n) is 2.60. The summed E-state index contributed by atoms with van der Waals surface area (Å²) in [4.78, 5) is 25.8.